The van der Waals surface area contributed by atoms with Crippen molar-refractivity contribution < 1.29 is 4.79 Å². The van der Waals surface area contributed by atoms with Crippen LogP contribution in [0.25, 0.3) is 0 Å². The third kappa shape index (κ3) is 6.24. The van der Waals surface area contributed by atoms with Gasteiger partial charge in [0.15, 0.2) is 0 Å². The molecule has 0 fully saturated rings. The van der Waals surface area contributed by atoms with Crippen molar-refractivity contribution in [3.63, 3.8) is 0 Å². The molecule has 2 unspecified atom stereocenters. The first-order chi connectivity index (χ1) is 10.1. The Hall–Kier alpha value is -1.44. The van der Waals surface area contributed by atoms with Crippen LogP contribution in [-0.2, 0) is 4.79 Å². The van der Waals surface area contributed by atoms with Crippen LogP contribution in [0.15, 0.2) is 29.2 Å². The molecule has 0 aliphatic carbocycles. The molecule has 0 spiro atoms. The minimum Gasteiger partial charge on any atom is -0.344 e. The normalized spacial score (nSPS) is 13.2. The molecule has 0 heterocycles. The van der Waals surface area contributed by atoms with Gasteiger partial charge < -0.3 is 10.6 Å². The summed E-state index contributed by atoms with van der Waals surface area (Å²) >= 11 is 1.55. The van der Waals surface area contributed by atoms with E-state index in [0.717, 1.165) is 17.9 Å². The van der Waals surface area contributed by atoms with E-state index in [1.165, 1.54) is 5.56 Å². The molecule has 1 rings (SSSR count). The third-order valence-electron chi connectivity index (χ3n) is 3.11. The Bertz CT molecular complexity index is 496. The second-order valence-electron chi connectivity index (χ2n) is 4.93. The zero-order chi connectivity index (χ0) is 15.7. The lowest BCUT2D eigenvalue weighted by atomic mass is 10.1. The zero-order valence-electron chi connectivity index (χ0n) is 13.0. The van der Waals surface area contributed by atoms with Crippen LogP contribution in [-0.4, -0.2) is 24.2 Å². The minimum absolute atomic E-state index is 0.0273. The number of hydrogen-bond acceptors (Lipinski definition) is 3. The molecule has 0 saturated heterocycles. The topological polar surface area (TPSA) is 41.1 Å². The predicted octanol–water partition coefficient (Wildman–Crippen LogP) is 2.98. The fourth-order valence-electron chi connectivity index (χ4n) is 1.88. The van der Waals surface area contributed by atoms with Gasteiger partial charge in [0.05, 0.1) is 11.8 Å². The van der Waals surface area contributed by atoms with Crippen molar-refractivity contribution in [1.82, 2.24) is 10.6 Å². The summed E-state index contributed by atoms with van der Waals surface area (Å²) in [6, 6.07) is 8.64. The van der Waals surface area contributed by atoms with E-state index in [9.17, 15) is 4.79 Å². The monoisotopic (exact) mass is 304 g/mol. The van der Waals surface area contributed by atoms with Gasteiger partial charge in [-0.3, -0.25) is 4.79 Å². The summed E-state index contributed by atoms with van der Waals surface area (Å²) in [5.74, 6) is 2.38. The first-order valence-electron chi connectivity index (χ1n) is 7.29. The van der Waals surface area contributed by atoms with Gasteiger partial charge in [0.2, 0.25) is 5.91 Å². The molecular formula is C17H24N2OS. The van der Waals surface area contributed by atoms with E-state index in [1.807, 2.05) is 19.1 Å². The van der Waals surface area contributed by atoms with Crippen LogP contribution in [0.5, 0.6) is 0 Å². The maximum Gasteiger partial charge on any atom is 0.233 e. The van der Waals surface area contributed by atoms with E-state index >= 15 is 0 Å². The number of rotatable bonds is 8. The van der Waals surface area contributed by atoms with Crippen LogP contribution in [0.2, 0.25) is 0 Å². The molecule has 1 aromatic carbocycles. The van der Waals surface area contributed by atoms with Gasteiger partial charge in [-0.25, -0.2) is 0 Å². The van der Waals surface area contributed by atoms with E-state index in [4.69, 9.17) is 6.42 Å². The lowest BCUT2D eigenvalue weighted by molar-refractivity contribution is -0.120. The van der Waals surface area contributed by atoms with Gasteiger partial charge in [-0.2, -0.15) is 0 Å². The van der Waals surface area contributed by atoms with Crippen molar-refractivity contribution >= 4 is 17.7 Å². The molecule has 2 atom stereocenters. The number of carbonyl (C=O) groups is 1. The average molecular weight is 304 g/mol. The van der Waals surface area contributed by atoms with Crippen LogP contribution < -0.4 is 10.6 Å². The van der Waals surface area contributed by atoms with Crippen molar-refractivity contribution in [3.8, 4) is 12.3 Å². The zero-order valence-corrected chi connectivity index (χ0v) is 13.8. The SMILES string of the molecule is C#CCNC(=O)C(C)Sc1cccc(C(C)NCCC)c1. The summed E-state index contributed by atoms with van der Waals surface area (Å²) in [6.07, 6.45) is 6.26. The molecule has 3 nitrogen and oxygen atoms in total. The lowest BCUT2D eigenvalue weighted by Gasteiger charge is -2.16. The maximum absolute atomic E-state index is 11.8. The number of thioether (sulfide) groups is 1. The summed E-state index contributed by atoms with van der Waals surface area (Å²) in [4.78, 5) is 12.9. The van der Waals surface area contributed by atoms with Crippen molar-refractivity contribution in [2.75, 3.05) is 13.1 Å². The van der Waals surface area contributed by atoms with Gasteiger partial charge in [-0.15, -0.1) is 18.2 Å². The Kier molecular flexibility index (Phi) is 7.96. The first-order valence-corrected chi connectivity index (χ1v) is 8.17. The molecule has 114 valence electrons. The maximum atomic E-state index is 11.8. The van der Waals surface area contributed by atoms with Crippen LogP contribution in [0.1, 0.15) is 38.8 Å². The molecule has 21 heavy (non-hydrogen) atoms. The van der Waals surface area contributed by atoms with Crippen molar-refractivity contribution in [2.24, 2.45) is 0 Å². The highest BCUT2D eigenvalue weighted by molar-refractivity contribution is 8.00. The summed E-state index contributed by atoms with van der Waals surface area (Å²) in [7, 11) is 0. The van der Waals surface area contributed by atoms with E-state index in [0.29, 0.717) is 6.04 Å². The number of hydrogen-bond donors (Lipinski definition) is 2. The van der Waals surface area contributed by atoms with Gasteiger partial charge in [-0.05, 0) is 44.5 Å². The molecule has 0 aromatic heterocycles. The fourth-order valence-corrected chi connectivity index (χ4v) is 2.84. The Morgan fingerprint density at radius 1 is 1.43 bits per heavy atom. The largest absolute Gasteiger partial charge is 0.344 e. The second kappa shape index (κ2) is 9.49. The van der Waals surface area contributed by atoms with Crippen LogP contribution >= 0.6 is 11.8 Å². The average Bonchev–Trinajstić information content (AvgIpc) is 2.50. The van der Waals surface area contributed by atoms with Crippen molar-refractivity contribution in [2.45, 2.75) is 43.4 Å². The van der Waals surface area contributed by atoms with Crippen molar-refractivity contribution in [1.29, 1.82) is 0 Å². The molecule has 1 amide bonds. The van der Waals surface area contributed by atoms with Gasteiger partial charge >= 0.3 is 0 Å². The number of amides is 1. The minimum atomic E-state index is -0.160. The summed E-state index contributed by atoms with van der Waals surface area (Å²) in [5.41, 5.74) is 1.24. The third-order valence-corrected chi connectivity index (χ3v) is 4.20. The molecule has 2 N–H and O–H groups in total. The fraction of sp³-hybridized carbons (Fsp3) is 0.471. The van der Waals surface area contributed by atoms with Crippen LogP contribution in [0.3, 0.4) is 0 Å². The van der Waals surface area contributed by atoms with Gasteiger partial charge in [0.25, 0.3) is 0 Å². The van der Waals surface area contributed by atoms with Crippen LogP contribution in [0.4, 0.5) is 0 Å². The van der Waals surface area contributed by atoms with E-state index in [-0.39, 0.29) is 17.7 Å². The summed E-state index contributed by atoms with van der Waals surface area (Å²) in [6.45, 7) is 7.48. The van der Waals surface area contributed by atoms with E-state index in [1.54, 1.807) is 11.8 Å². The highest BCUT2D eigenvalue weighted by atomic mass is 32.2. The van der Waals surface area contributed by atoms with Crippen LogP contribution in [0, 0.1) is 12.3 Å². The molecular weight excluding hydrogens is 280 g/mol. The number of benzene rings is 1. The number of terminal acetylenes is 1. The Labute approximate surface area is 132 Å². The molecule has 1 aromatic rings. The number of nitrogens with one attached hydrogen (secondary N) is 2. The number of carbonyl (C=O) groups excluding carboxylic acids is 1. The molecule has 0 saturated carbocycles. The molecule has 0 radical (unpaired) electrons. The Morgan fingerprint density at radius 2 is 2.19 bits per heavy atom. The lowest BCUT2D eigenvalue weighted by Crippen LogP contribution is -2.31. The van der Waals surface area contributed by atoms with Gasteiger partial charge in [0.1, 0.15) is 0 Å². The van der Waals surface area contributed by atoms with E-state index < -0.39 is 0 Å². The quantitative estimate of drug-likeness (QED) is 0.573. The molecule has 0 aliphatic heterocycles. The molecule has 4 heteroatoms. The molecule has 0 aliphatic rings. The highest BCUT2D eigenvalue weighted by Gasteiger charge is 2.14. The predicted molar refractivity (Wildman–Crippen MR) is 90.3 cm³/mol. The highest BCUT2D eigenvalue weighted by Crippen LogP contribution is 2.26. The van der Waals surface area contributed by atoms with Gasteiger partial charge in [-0.1, -0.05) is 25.0 Å². The van der Waals surface area contributed by atoms with E-state index in [2.05, 4.69) is 42.5 Å². The summed E-state index contributed by atoms with van der Waals surface area (Å²) in [5, 5.41) is 6.02. The standard InChI is InChI=1S/C17H24N2OS/c1-5-10-18-13(3)15-8-7-9-16(12-15)21-14(4)17(20)19-11-6-2/h2,7-9,12-14,18H,5,10-11H2,1,3-4H3,(H,19,20). The Balaban J connectivity index is 2.63. The van der Waals surface area contributed by atoms with Crippen molar-refractivity contribution in [3.05, 3.63) is 29.8 Å². The second-order valence-corrected chi connectivity index (χ2v) is 6.34. The summed E-state index contributed by atoms with van der Waals surface area (Å²) < 4.78 is 0. The smallest absolute Gasteiger partial charge is 0.233 e. The first kappa shape index (κ1) is 17.6. The molecule has 0 bridgehead atoms. The Morgan fingerprint density at radius 3 is 2.86 bits per heavy atom. The van der Waals surface area contributed by atoms with Gasteiger partial charge in [0, 0.05) is 10.9 Å².